The minimum atomic E-state index is -1.05. The van der Waals surface area contributed by atoms with E-state index in [1.165, 1.54) is 38.5 Å². The Hall–Kier alpha value is -0.620. The van der Waals surface area contributed by atoms with E-state index in [4.69, 9.17) is 9.47 Å². The van der Waals surface area contributed by atoms with Crippen LogP contribution in [-0.2, 0) is 9.47 Å². The predicted molar refractivity (Wildman–Crippen MR) is 85.5 cm³/mol. The van der Waals surface area contributed by atoms with E-state index in [-0.39, 0.29) is 13.2 Å². The Bertz CT molecular complexity index is 295. The van der Waals surface area contributed by atoms with E-state index < -0.39 is 24.4 Å². The van der Waals surface area contributed by atoms with Gasteiger partial charge in [-0.05, 0) is 18.9 Å². The van der Waals surface area contributed by atoms with Gasteiger partial charge >= 0.3 is 0 Å². The SMILES string of the molecule is CCCCCCCCC/C=C/OC[C@H](O)[C@@H]1OC[C@@H](O)[C@@H]1O. The molecule has 5 nitrogen and oxygen atoms in total. The summed E-state index contributed by atoms with van der Waals surface area (Å²) < 4.78 is 10.4. The number of rotatable bonds is 12. The standard InChI is InChI=1S/C17H32O5/c1-2-3-4-5-6-7-8-9-10-11-21-12-15(19)17-16(20)14(18)13-22-17/h10-11,14-20H,2-9,12-13H2,1H3/b11-10+/t14-,15+,16+,17+/m1/s1. The van der Waals surface area contributed by atoms with Gasteiger partial charge in [-0.15, -0.1) is 0 Å². The van der Waals surface area contributed by atoms with Crippen LogP contribution in [0.1, 0.15) is 58.3 Å². The lowest BCUT2D eigenvalue weighted by molar-refractivity contribution is -0.0703. The molecule has 1 aliphatic heterocycles. The van der Waals surface area contributed by atoms with Crippen molar-refractivity contribution in [3.05, 3.63) is 12.3 Å². The van der Waals surface area contributed by atoms with Crippen molar-refractivity contribution in [3.63, 3.8) is 0 Å². The summed E-state index contributed by atoms with van der Waals surface area (Å²) in [5, 5.41) is 28.8. The van der Waals surface area contributed by atoms with Gasteiger partial charge in [-0.2, -0.15) is 0 Å². The zero-order valence-corrected chi connectivity index (χ0v) is 13.7. The molecular formula is C17H32O5. The first-order valence-electron chi connectivity index (χ1n) is 8.59. The van der Waals surface area contributed by atoms with Crippen LogP contribution in [-0.4, -0.2) is 52.9 Å². The van der Waals surface area contributed by atoms with Gasteiger partial charge in [-0.1, -0.05) is 45.4 Å². The molecule has 1 rings (SSSR count). The van der Waals surface area contributed by atoms with Gasteiger partial charge in [0, 0.05) is 0 Å². The molecule has 4 atom stereocenters. The minimum absolute atomic E-state index is 0.0526. The Labute approximate surface area is 133 Å². The smallest absolute Gasteiger partial charge is 0.117 e. The van der Waals surface area contributed by atoms with Crippen LogP contribution in [0.25, 0.3) is 0 Å². The fourth-order valence-electron chi connectivity index (χ4n) is 2.57. The van der Waals surface area contributed by atoms with Crippen molar-refractivity contribution >= 4 is 0 Å². The number of aliphatic hydroxyl groups is 3. The maximum atomic E-state index is 9.83. The first kappa shape index (κ1) is 19.4. The lowest BCUT2D eigenvalue weighted by Crippen LogP contribution is -2.40. The van der Waals surface area contributed by atoms with E-state index in [0.717, 1.165) is 12.8 Å². The molecule has 1 aliphatic rings. The summed E-state index contributed by atoms with van der Waals surface area (Å²) in [5.41, 5.74) is 0. The average molecular weight is 316 g/mol. The van der Waals surface area contributed by atoms with Crippen molar-refractivity contribution in [1.29, 1.82) is 0 Å². The van der Waals surface area contributed by atoms with Crippen molar-refractivity contribution in [2.24, 2.45) is 0 Å². The fraction of sp³-hybridized carbons (Fsp3) is 0.882. The van der Waals surface area contributed by atoms with Gasteiger partial charge < -0.3 is 24.8 Å². The van der Waals surface area contributed by atoms with Crippen LogP contribution in [0, 0.1) is 0 Å². The van der Waals surface area contributed by atoms with Crippen LogP contribution in [0.2, 0.25) is 0 Å². The molecule has 22 heavy (non-hydrogen) atoms. The van der Waals surface area contributed by atoms with Gasteiger partial charge in [0.25, 0.3) is 0 Å². The fourth-order valence-corrected chi connectivity index (χ4v) is 2.57. The molecule has 0 radical (unpaired) electrons. The summed E-state index contributed by atoms with van der Waals surface area (Å²) in [6, 6.07) is 0. The second kappa shape index (κ2) is 11.9. The normalized spacial score (nSPS) is 26.6. The largest absolute Gasteiger partial charge is 0.499 e. The first-order chi connectivity index (χ1) is 10.7. The van der Waals surface area contributed by atoms with Crippen molar-refractivity contribution in [1.82, 2.24) is 0 Å². The van der Waals surface area contributed by atoms with Crippen molar-refractivity contribution in [3.8, 4) is 0 Å². The molecule has 0 aromatic rings. The maximum Gasteiger partial charge on any atom is 0.117 e. The van der Waals surface area contributed by atoms with E-state index in [0.29, 0.717) is 0 Å². The third kappa shape index (κ3) is 7.58. The highest BCUT2D eigenvalue weighted by Gasteiger charge is 2.39. The van der Waals surface area contributed by atoms with Crippen LogP contribution < -0.4 is 0 Å². The Morgan fingerprint density at radius 2 is 1.82 bits per heavy atom. The molecule has 1 heterocycles. The highest BCUT2D eigenvalue weighted by atomic mass is 16.5. The summed E-state index contributed by atoms with van der Waals surface area (Å²) in [7, 11) is 0. The van der Waals surface area contributed by atoms with E-state index in [1.807, 2.05) is 6.08 Å². The van der Waals surface area contributed by atoms with E-state index in [1.54, 1.807) is 6.26 Å². The topological polar surface area (TPSA) is 79.2 Å². The Morgan fingerprint density at radius 3 is 2.45 bits per heavy atom. The number of unbranched alkanes of at least 4 members (excludes halogenated alkanes) is 7. The van der Waals surface area contributed by atoms with Crippen molar-refractivity contribution < 1.29 is 24.8 Å². The van der Waals surface area contributed by atoms with E-state index >= 15 is 0 Å². The third-order valence-electron chi connectivity index (χ3n) is 4.00. The highest BCUT2D eigenvalue weighted by Crippen LogP contribution is 2.17. The molecule has 0 spiro atoms. The third-order valence-corrected chi connectivity index (χ3v) is 4.00. The number of hydrogen-bond acceptors (Lipinski definition) is 5. The summed E-state index contributed by atoms with van der Waals surface area (Å²) in [6.45, 7) is 2.34. The van der Waals surface area contributed by atoms with E-state index in [2.05, 4.69) is 6.92 Å². The quantitative estimate of drug-likeness (QED) is 0.380. The van der Waals surface area contributed by atoms with Gasteiger partial charge in [0.1, 0.15) is 31.0 Å². The van der Waals surface area contributed by atoms with Gasteiger partial charge in [-0.25, -0.2) is 0 Å². The zero-order chi connectivity index (χ0) is 16.2. The summed E-state index contributed by atoms with van der Waals surface area (Å²) in [4.78, 5) is 0. The van der Waals surface area contributed by atoms with Crippen molar-refractivity contribution in [2.75, 3.05) is 13.2 Å². The number of hydrogen-bond donors (Lipinski definition) is 3. The lowest BCUT2D eigenvalue weighted by Gasteiger charge is -2.20. The molecular weight excluding hydrogens is 284 g/mol. The molecule has 1 saturated heterocycles. The Kier molecular flexibility index (Phi) is 10.5. The summed E-state index contributed by atoms with van der Waals surface area (Å²) in [5.74, 6) is 0. The van der Waals surface area contributed by atoms with Crippen molar-refractivity contribution in [2.45, 2.75) is 82.7 Å². The molecule has 0 aliphatic carbocycles. The molecule has 0 amide bonds. The lowest BCUT2D eigenvalue weighted by atomic mass is 10.1. The molecule has 130 valence electrons. The second-order valence-electron chi connectivity index (χ2n) is 6.04. The van der Waals surface area contributed by atoms with Crippen LogP contribution in [0.3, 0.4) is 0 Å². The Morgan fingerprint density at radius 1 is 1.14 bits per heavy atom. The zero-order valence-electron chi connectivity index (χ0n) is 13.7. The van der Waals surface area contributed by atoms with Crippen LogP contribution >= 0.6 is 0 Å². The van der Waals surface area contributed by atoms with E-state index in [9.17, 15) is 15.3 Å². The van der Waals surface area contributed by atoms with Gasteiger partial charge in [0.2, 0.25) is 0 Å². The Balaban J connectivity index is 1.95. The molecule has 3 N–H and O–H groups in total. The predicted octanol–water partition coefficient (Wildman–Crippen LogP) is 2.14. The molecule has 1 fully saturated rings. The molecule has 0 saturated carbocycles. The molecule has 0 unspecified atom stereocenters. The van der Waals surface area contributed by atoms with Crippen LogP contribution in [0.5, 0.6) is 0 Å². The number of allylic oxidation sites excluding steroid dienone is 1. The van der Waals surface area contributed by atoms with Crippen LogP contribution in [0.15, 0.2) is 12.3 Å². The first-order valence-corrected chi connectivity index (χ1v) is 8.59. The summed E-state index contributed by atoms with van der Waals surface area (Å²) in [6.07, 6.45) is 9.86. The van der Waals surface area contributed by atoms with Gasteiger partial charge in [0.05, 0.1) is 12.9 Å². The molecule has 0 aromatic heterocycles. The van der Waals surface area contributed by atoms with Gasteiger partial charge in [0.15, 0.2) is 0 Å². The molecule has 0 bridgehead atoms. The average Bonchev–Trinajstić information content (AvgIpc) is 2.84. The summed E-state index contributed by atoms with van der Waals surface area (Å²) >= 11 is 0. The van der Waals surface area contributed by atoms with Crippen LogP contribution in [0.4, 0.5) is 0 Å². The molecule has 5 heteroatoms. The number of aliphatic hydroxyl groups excluding tert-OH is 3. The van der Waals surface area contributed by atoms with Gasteiger partial charge in [-0.3, -0.25) is 0 Å². The second-order valence-corrected chi connectivity index (χ2v) is 6.04. The highest BCUT2D eigenvalue weighted by molar-refractivity contribution is 4.88. The monoisotopic (exact) mass is 316 g/mol. The minimum Gasteiger partial charge on any atom is -0.499 e. The number of ether oxygens (including phenoxy) is 2. The maximum absolute atomic E-state index is 9.83. The molecule has 0 aromatic carbocycles.